The Bertz CT molecular complexity index is 466. The minimum absolute atomic E-state index is 0.0750. The summed E-state index contributed by atoms with van der Waals surface area (Å²) in [6.45, 7) is 2.57. The Morgan fingerprint density at radius 3 is 3.00 bits per heavy atom. The Labute approximate surface area is 94.1 Å². The third kappa shape index (κ3) is 2.61. The van der Waals surface area contributed by atoms with Gasteiger partial charge in [0.1, 0.15) is 5.75 Å². The van der Waals surface area contributed by atoms with Crippen molar-refractivity contribution in [2.24, 2.45) is 0 Å². The molecule has 0 spiro atoms. The predicted molar refractivity (Wildman–Crippen MR) is 60.6 cm³/mol. The van der Waals surface area contributed by atoms with Crippen molar-refractivity contribution in [1.82, 2.24) is 9.78 Å². The van der Waals surface area contributed by atoms with Gasteiger partial charge in [0.2, 0.25) is 0 Å². The number of hydrogen-bond donors (Lipinski definition) is 1. The van der Waals surface area contributed by atoms with Gasteiger partial charge in [-0.1, -0.05) is 12.1 Å². The largest absolute Gasteiger partial charge is 0.454 e. The maximum atomic E-state index is 8.75. The van der Waals surface area contributed by atoms with Crippen LogP contribution < -0.4 is 4.74 Å². The molecule has 1 aromatic heterocycles. The van der Waals surface area contributed by atoms with E-state index in [1.807, 2.05) is 31.2 Å². The van der Waals surface area contributed by atoms with Gasteiger partial charge in [-0.2, -0.15) is 5.10 Å². The Morgan fingerprint density at radius 2 is 2.25 bits per heavy atom. The van der Waals surface area contributed by atoms with Crippen molar-refractivity contribution >= 4 is 0 Å². The van der Waals surface area contributed by atoms with Gasteiger partial charge in [-0.3, -0.25) is 4.68 Å². The summed E-state index contributed by atoms with van der Waals surface area (Å²) in [5.74, 6) is 1.47. The van der Waals surface area contributed by atoms with Crippen LogP contribution in [0.3, 0.4) is 0 Å². The topological polar surface area (TPSA) is 47.3 Å². The fourth-order valence-electron chi connectivity index (χ4n) is 1.44. The summed E-state index contributed by atoms with van der Waals surface area (Å²) in [5, 5.41) is 12.8. The normalized spacial score (nSPS) is 10.4. The number of aryl methyl sites for hydroxylation is 1. The zero-order chi connectivity index (χ0) is 11.4. The van der Waals surface area contributed by atoms with Gasteiger partial charge in [-0.15, -0.1) is 0 Å². The molecule has 0 aliphatic carbocycles. The summed E-state index contributed by atoms with van der Waals surface area (Å²) in [6, 6.07) is 7.82. The molecule has 1 N–H and O–H groups in total. The quantitative estimate of drug-likeness (QED) is 0.853. The van der Waals surface area contributed by atoms with Crippen LogP contribution in [0.15, 0.2) is 36.7 Å². The lowest BCUT2D eigenvalue weighted by Gasteiger charge is -2.02. The first-order valence-electron chi connectivity index (χ1n) is 5.16. The van der Waals surface area contributed by atoms with E-state index < -0.39 is 0 Å². The molecule has 0 saturated carbocycles. The molecule has 0 radical (unpaired) electrons. The molecule has 4 heteroatoms. The van der Waals surface area contributed by atoms with Crippen molar-refractivity contribution in [3.63, 3.8) is 0 Å². The van der Waals surface area contributed by atoms with Gasteiger partial charge in [-0.05, 0) is 24.6 Å². The van der Waals surface area contributed by atoms with Gasteiger partial charge in [0, 0.05) is 0 Å². The standard InChI is InChI=1S/C12H14N2O2/c1-10-3-2-4-11(7-10)16-12-8-13-14(9-12)5-6-15/h2-4,7-9,15H,5-6H2,1H3. The fraction of sp³-hybridized carbons (Fsp3) is 0.250. The summed E-state index contributed by atoms with van der Waals surface area (Å²) in [4.78, 5) is 0. The third-order valence-electron chi connectivity index (χ3n) is 2.16. The Kier molecular flexibility index (Phi) is 3.22. The number of benzene rings is 1. The highest BCUT2D eigenvalue weighted by molar-refractivity contribution is 5.31. The molecule has 4 nitrogen and oxygen atoms in total. The van der Waals surface area contributed by atoms with Gasteiger partial charge in [0.25, 0.3) is 0 Å². The first-order valence-corrected chi connectivity index (χ1v) is 5.16. The number of nitrogens with zero attached hydrogens (tertiary/aromatic N) is 2. The van der Waals surface area contributed by atoms with Crippen LogP contribution in [0.2, 0.25) is 0 Å². The number of rotatable bonds is 4. The first-order chi connectivity index (χ1) is 7.78. The Hall–Kier alpha value is -1.81. The molecule has 2 aromatic rings. The molecule has 0 aliphatic heterocycles. The monoisotopic (exact) mass is 218 g/mol. The highest BCUT2D eigenvalue weighted by atomic mass is 16.5. The lowest BCUT2D eigenvalue weighted by molar-refractivity contribution is 0.269. The second kappa shape index (κ2) is 4.81. The van der Waals surface area contributed by atoms with Crippen LogP contribution in [0.5, 0.6) is 11.5 Å². The zero-order valence-electron chi connectivity index (χ0n) is 9.13. The number of ether oxygens (including phenoxy) is 1. The minimum atomic E-state index is 0.0750. The van der Waals surface area contributed by atoms with E-state index in [0.717, 1.165) is 11.3 Å². The lowest BCUT2D eigenvalue weighted by atomic mass is 10.2. The van der Waals surface area contributed by atoms with E-state index in [0.29, 0.717) is 12.3 Å². The molecule has 0 fully saturated rings. The molecule has 16 heavy (non-hydrogen) atoms. The van der Waals surface area contributed by atoms with Crippen LogP contribution in [0.4, 0.5) is 0 Å². The second-order valence-electron chi connectivity index (χ2n) is 3.58. The van der Waals surface area contributed by atoms with Crippen LogP contribution in [-0.4, -0.2) is 21.5 Å². The second-order valence-corrected chi connectivity index (χ2v) is 3.58. The number of hydrogen-bond acceptors (Lipinski definition) is 3. The van der Waals surface area contributed by atoms with Crippen molar-refractivity contribution < 1.29 is 9.84 Å². The predicted octanol–water partition coefficient (Wildman–Crippen LogP) is 1.98. The average Bonchev–Trinajstić information content (AvgIpc) is 2.66. The first kappa shape index (κ1) is 10.7. The SMILES string of the molecule is Cc1cccc(Oc2cnn(CCO)c2)c1. The summed E-state index contributed by atoms with van der Waals surface area (Å²) >= 11 is 0. The van der Waals surface area contributed by atoms with Gasteiger partial charge in [-0.25, -0.2) is 0 Å². The van der Waals surface area contributed by atoms with Crippen LogP contribution in [0, 0.1) is 6.92 Å². The minimum Gasteiger partial charge on any atom is -0.454 e. The van der Waals surface area contributed by atoms with Gasteiger partial charge >= 0.3 is 0 Å². The maximum absolute atomic E-state index is 8.75. The van der Waals surface area contributed by atoms with E-state index in [2.05, 4.69) is 5.10 Å². The van der Waals surface area contributed by atoms with Gasteiger partial charge in [0.05, 0.1) is 25.5 Å². The highest BCUT2D eigenvalue weighted by Gasteiger charge is 2.00. The average molecular weight is 218 g/mol. The van der Waals surface area contributed by atoms with E-state index in [-0.39, 0.29) is 6.61 Å². The molecule has 0 amide bonds. The van der Waals surface area contributed by atoms with Crippen LogP contribution in [0.25, 0.3) is 0 Å². The fourth-order valence-corrected chi connectivity index (χ4v) is 1.44. The zero-order valence-corrected chi connectivity index (χ0v) is 9.13. The van der Waals surface area contributed by atoms with E-state index in [9.17, 15) is 0 Å². The molecular formula is C12H14N2O2. The van der Waals surface area contributed by atoms with E-state index >= 15 is 0 Å². The molecule has 2 rings (SSSR count). The molecule has 1 heterocycles. The van der Waals surface area contributed by atoms with Crippen LogP contribution in [-0.2, 0) is 6.54 Å². The van der Waals surface area contributed by atoms with Crippen molar-refractivity contribution in [2.45, 2.75) is 13.5 Å². The van der Waals surface area contributed by atoms with Gasteiger partial charge < -0.3 is 9.84 Å². The molecule has 84 valence electrons. The Morgan fingerprint density at radius 1 is 1.38 bits per heavy atom. The van der Waals surface area contributed by atoms with Crippen LogP contribution in [0.1, 0.15) is 5.56 Å². The van der Waals surface area contributed by atoms with Crippen molar-refractivity contribution in [3.8, 4) is 11.5 Å². The lowest BCUT2D eigenvalue weighted by Crippen LogP contribution is -2.01. The van der Waals surface area contributed by atoms with Crippen molar-refractivity contribution in [2.75, 3.05) is 6.61 Å². The number of aliphatic hydroxyl groups is 1. The molecular weight excluding hydrogens is 204 g/mol. The van der Waals surface area contributed by atoms with E-state index in [1.54, 1.807) is 17.1 Å². The van der Waals surface area contributed by atoms with Gasteiger partial charge in [0.15, 0.2) is 5.75 Å². The Balaban J connectivity index is 2.08. The third-order valence-corrected chi connectivity index (χ3v) is 2.16. The summed E-state index contributed by atoms with van der Waals surface area (Å²) < 4.78 is 7.27. The summed E-state index contributed by atoms with van der Waals surface area (Å²) in [6.07, 6.45) is 3.40. The summed E-state index contributed by atoms with van der Waals surface area (Å²) in [7, 11) is 0. The van der Waals surface area contributed by atoms with Crippen LogP contribution >= 0.6 is 0 Å². The number of aromatic nitrogens is 2. The molecule has 1 aromatic carbocycles. The highest BCUT2D eigenvalue weighted by Crippen LogP contribution is 2.21. The maximum Gasteiger partial charge on any atom is 0.165 e. The number of aliphatic hydroxyl groups excluding tert-OH is 1. The van der Waals surface area contributed by atoms with Crippen molar-refractivity contribution in [3.05, 3.63) is 42.2 Å². The molecule has 0 unspecified atom stereocenters. The molecule has 0 aliphatic rings. The van der Waals surface area contributed by atoms with Crippen molar-refractivity contribution in [1.29, 1.82) is 0 Å². The summed E-state index contributed by atoms with van der Waals surface area (Å²) in [5.41, 5.74) is 1.15. The molecule has 0 saturated heterocycles. The molecule has 0 bridgehead atoms. The van der Waals surface area contributed by atoms with E-state index in [1.165, 1.54) is 0 Å². The smallest absolute Gasteiger partial charge is 0.165 e. The van der Waals surface area contributed by atoms with E-state index in [4.69, 9.17) is 9.84 Å². The molecule has 0 atom stereocenters.